The topological polar surface area (TPSA) is 98.8 Å². The monoisotopic (exact) mass is 542 g/mol. The lowest BCUT2D eigenvalue weighted by atomic mass is 9.82. The Hall–Kier alpha value is -3.56. The molecule has 3 rings (SSSR count). The van der Waals surface area contributed by atoms with Gasteiger partial charge in [0.1, 0.15) is 11.5 Å². The zero-order valence-corrected chi connectivity index (χ0v) is 22.5. The maximum atomic E-state index is 12.5. The zero-order valence-electron chi connectivity index (χ0n) is 22.5. The Labute approximate surface area is 229 Å². The molecule has 0 atom stereocenters. The van der Waals surface area contributed by atoms with Crippen LogP contribution in [-0.4, -0.2) is 38.9 Å². The van der Waals surface area contributed by atoms with Crippen LogP contribution in [0.5, 0.6) is 23.0 Å². The first kappa shape index (κ1) is 30.0. The van der Waals surface area contributed by atoms with E-state index in [1.165, 1.54) is 13.2 Å². The summed E-state index contributed by atoms with van der Waals surface area (Å²) < 4.78 is 16.2. The molecule has 1 aliphatic carbocycles. The molecule has 1 fully saturated rings. The van der Waals surface area contributed by atoms with Gasteiger partial charge in [-0.1, -0.05) is 6.58 Å². The van der Waals surface area contributed by atoms with E-state index in [2.05, 4.69) is 11.5 Å². The van der Waals surface area contributed by atoms with Crippen molar-refractivity contribution in [2.75, 3.05) is 26.9 Å². The van der Waals surface area contributed by atoms with Crippen LogP contribution in [0.25, 0.3) is 0 Å². The number of benzene rings is 2. The van der Waals surface area contributed by atoms with Crippen molar-refractivity contribution in [1.82, 2.24) is 0 Å². The summed E-state index contributed by atoms with van der Waals surface area (Å²) in [5.74, 6) is 2.02. The largest absolute Gasteiger partial charge is 0.494 e. The van der Waals surface area contributed by atoms with E-state index in [9.17, 15) is 9.59 Å². The number of hydrogen-bond donors (Lipinski definition) is 0. The maximum absolute atomic E-state index is 12.5. The molecule has 9 nitrogen and oxygen atoms in total. The number of rotatable bonds is 17. The van der Waals surface area contributed by atoms with Gasteiger partial charge in [0.25, 0.3) is 0 Å². The number of ether oxygens (including phenoxy) is 3. The summed E-state index contributed by atoms with van der Waals surface area (Å²) in [5.41, 5.74) is 0. The van der Waals surface area contributed by atoms with Crippen molar-refractivity contribution in [3.63, 3.8) is 0 Å². The summed E-state index contributed by atoms with van der Waals surface area (Å²) in [6.45, 7) is 4.88. The minimum atomic E-state index is -0.378. The second-order valence-electron chi connectivity index (χ2n) is 9.33. The van der Waals surface area contributed by atoms with Crippen molar-refractivity contribution < 1.29 is 43.3 Å². The van der Waals surface area contributed by atoms with Gasteiger partial charge in [-0.2, -0.15) is 9.78 Å². The summed E-state index contributed by atoms with van der Waals surface area (Å²) in [6.07, 6.45) is 8.17. The molecule has 1 saturated carbocycles. The van der Waals surface area contributed by atoms with Crippen LogP contribution in [0.2, 0.25) is 0 Å². The molecule has 0 heterocycles. The predicted molar refractivity (Wildman–Crippen MR) is 143 cm³/mol. The molecule has 0 radical (unpaired) electrons. The molecule has 0 amide bonds. The molecule has 39 heavy (non-hydrogen) atoms. The number of carbonyl (C=O) groups is 2. The van der Waals surface area contributed by atoms with Crippen LogP contribution in [0.3, 0.4) is 0 Å². The molecule has 2 aromatic rings. The fraction of sp³-hybridized carbons (Fsp3) is 0.467. The maximum Gasteiger partial charge on any atom is 0.330 e. The fourth-order valence-electron chi connectivity index (χ4n) is 4.19. The van der Waals surface area contributed by atoms with Gasteiger partial charge in [0.05, 0.1) is 32.8 Å². The second-order valence-corrected chi connectivity index (χ2v) is 9.33. The number of esters is 2. The van der Waals surface area contributed by atoms with Crippen molar-refractivity contribution in [3.8, 4) is 23.0 Å². The lowest BCUT2D eigenvalue weighted by Gasteiger charge is -2.26. The van der Waals surface area contributed by atoms with E-state index < -0.39 is 0 Å². The van der Waals surface area contributed by atoms with Gasteiger partial charge in [0.15, 0.2) is 11.5 Å². The van der Waals surface area contributed by atoms with E-state index in [-0.39, 0.29) is 17.9 Å². The van der Waals surface area contributed by atoms with Gasteiger partial charge < -0.3 is 24.0 Å². The van der Waals surface area contributed by atoms with E-state index in [0.717, 1.165) is 57.1 Å². The first-order valence-corrected chi connectivity index (χ1v) is 13.4. The standard InChI is InChI=1S/C30H38O9/c1-3-29(31)35-21-7-5-4-6-20-34-25-12-16-28(17-13-25)39-36-22-23-8-10-24(11-9-23)30(32)37-26-14-18-27(19-15-26)38-33-2/h3,12-19,23-24H,1,4-11,20-22H2,2H3. The van der Waals surface area contributed by atoms with Crippen LogP contribution < -0.4 is 19.2 Å². The molecule has 1 aliphatic rings. The van der Waals surface area contributed by atoms with Crippen molar-refractivity contribution in [2.24, 2.45) is 11.8 Å². The van der Waals surface area contributed by atoms with Crippen LogP contribution in [-0.2, 0) is 24.1 Å². The van der Waals surface area contributed by atoms with Crippen molar-refractivity contribution in [1.29, 1.82) is 0 Å². The molecule has 0 unspecified atom stereocenters. The Morgan fingerprint density at radius 1 is 0.795 bits per heavy atom. The SMILES string of the molecule is C=CC(=O)OCCCCCCOc1ccc(OOCC2CCC(C(=O)Oc3ccc(OOC)cc3)CC2)cc1. The highest BCUT2D eigenvalue weighted by atomic mass is 17.2. The van der Waals surface area contributed by atoms with Crippen LogP contribution >= 0.6 is 0 Å². The van der Waals surface area contributed by atoms with Gasteiger partial charge in [-0.15, -0.1) is 0 Å². The smallest absolute Gasteiger partial charge is 0.330 e. The molecule has 0 N–H and O–H groups in total. The minimum Gasteiger partial charge on any atom is -0.494 e. The van der Waals surface area contributed by atoms with Crippen LogP contribution in [0.15, 0.2) is 61.2 Å². The molecule has 0 saturated heterocycles. The Balaban J connectivity index is 1.23. The molecule has 212 valence electrons. The third-order valence-corrected chi connectivity index (χ3v) is 6.40. The normalized spacial score (nSPS) is 16.6. The van der Waals surface area contributed by atoms with Gasteiger partial charge in [-0.05, 0) is 106 Å². The zero-order chi connectivity index (χ0) is 27.7. The quantitative estimate of drug-likeness (QED) is 0.0593. The Morgan fingerprint density at radius 3 is 2.03 bits per heavy atom. The van der Waals surface area contributed by atoms with Gasteiger partial charge >= 0.3 is 11.9 Å². The third kappa shape index (κ3) is 11.4. The van der Waals surface area contributed by atoms with Gasteiger partial charge in [0.2, 0.25) is 0 Å². The first-order valence-electron chi connectivity index (χ1n) is 13.4. The summed E-state index contributed by atoms with van der Waals surface area (Å²) in [7, 11) is 1.43. The predicted octanol–water partition coefficient (Wildman–Crippen LogP) is 6.02. The lowest BCUT2D eigenvalue weighted by molar-refractivity contribution is -0.218. The van der Waals surface area contributed by atoms with Gasteiger partial charge in [-0.25, -0.2) is 4.79 Å². The van der Waals surface area contributed by atoms with Gasteiger partial charge in [0, 0.05) is 6.08 Å². The highest BCUT2D eigenvalue weighted by molar-refractivity contribution is 5.81. The van der Waals surface area contributed by atoms with Crippen molar-refractivity contribution in [3.05, 3.63) is 61.2 Å². The highest BCUT2D eigenvalue weighted by Gasteiger charge is 2.28. The van der Waals surface area contributed by atoms with Crippen LogP contribution in [0.1, 0.15) is 51.4 Å². The van der Waals surface area contributed by atoms with Gasteiger partial charge in [-0.3, -0.25) is 4.79 Å². The third-order valence-electron chi connectivity index (χ3n) is 6.40. The number of unbranched alkanes of at least 4 members (excludes halogenated alkanes) is 3. The average molecular weight is 543 g/mol. The molecule has 0 aliphatic heterocycles. The van der Waals surface area contributed by atoms with Crippen molar-refractivity contribution >= 4 is 11.9 Å². The van der Waals surface area contributed by atoms with E-state index in [1.54, 1.807) is 24.3 Å². The Bertz CT molecular complexity index is 996. The summed E-state index contributed by atoms with van der Waals surface area (Å²) in [5, 5.41) is 0. The van der Waals surface area contributed by atoms with E-state index in [1.807, 2.05) is 24.3 Å². The molecular weight excluding hydrogens is 504 g/mol. The fourth-order valence-corrected chi connectivity index (χ4v) is 4.19. The van der Waals surface area contributed by atoms with E-state index in [0.29, 0.717) is 43.0 Å². The summed E-state index contributed by atoms with van der Waals surface area (Å²) in [6, 6.07) is 14.0. The Morgan fingerprint density at radius 2 is 1.38 bits per heavy atom. The molecule has 9 heteroatoms. The molecule has 0 spiro atoms. The van der Waals surface area contributed by atoms with E-state index in [4.69, 9.17) is 28.9 Å². The highest BCUT2D eigenvalue weighted by Crippen LogP contribution is 2.31. The molecule has 2 aromatic carbocycles. The average Bonchev–Trinajstić information content (AvgIpc) is 2.96. The minimum absolute atomic E-state index is 0.119. The Kier molecular flexibility index (Phi) is 13.2. The first-order chi connectivity index (χ1) is 19.1. The van der Waals surface area contributed by atoms with Crippen molar-refractivity contribution in [2.45, 2.75) is 51.4 Å². The second kappa shape index (κ2) is 17.1. The van der Waals surface area contributed by atoms with Crippen LogP contribution in [0, 0.1) is 11.8 Å². The lowest BCUT2D eigenvalue weighted by Crippen LogP contribution is -2.27. The van der Waals surface area contributed by atoms with Crippen LogP contribution in [0.4, 0.5) is 0 Å². The number of hydrogen-bond acceptors (Lipinski definition) is 9. The molecule has 0 aromatic heterocycles. The summed E-state index contributed by atoms with van der Waals surface area (Å²) in [4.78, 5) is 43.9. The summed E-state index contributed by atoms with van der Waals surface area (Å²) >= 11 is 0. The number of carbonyl (C=O) groups excluding carboxylic acids is 2. The molecular formula is C30H38O9. The molecule has 0 bridgehead atoms. The van der Waals surface area contributed by atoms with E-state index >= 15 is 0 Å².